The number of thiophene rings is 1. The Morgan fingerprint density at radius 1 is 1.14 bits per heavy atom. The van der Waals surface area contributed by atoms with Gasteiger partial charge in [0.15, 0.2) is 0 Å². The molecule has 1 amide bonds. The van der Waals surface area contributed by atoms with Crippen LogP contribution in [0.3, 0.4) is 0 Å². The lowest BCUT2D eigenvalue weighted by atomic mass is 10.0. The predicted molar refractivity (Wildman–Crippen MR) is 109 cm³/mol. The number of ether oxygens (including phenoxy) is 1. The number of benzene rings is 1. The van der Waals surface area contributed by atoms with E-state index in [2.05, 4.69) is 4.98 Å². The largest absolute Gasteiger partial charge is 0.507 e. The van der Waals surface area contributed by atoms with E-state index in [0.717, 1.165) is 10.4 Å². The molecule has 29 heavy (non-hydrogen) atoms. The second-order valence-electron chi connectivity index (χ2n) is 6.53. The molecule has 3 heterocycles. The summed E-state index contributed by atoms with van der Waals surface area (Å²) < 4.78 is 5.18. The number of hydrogen-bond acceptors (Lipinski definition) is 6. The van der Waals surface area contributed by atoms with Crippen molar-refractivity contribution in [3.05, 3.63) is 87.9 Å². The molecule has 1 N–H and O–H groups in total. The highest BCUT2D eigenvalue weighted by Crippen LogP contribution is 2.41. The summed E-state index contributed by atoms with van der Waals surface area (Å²) in [6.45, 7) is 0.240. The number of rotatable bonds is 5. The number of carbonyl (C=O) groups excluding carboxylic acids is 2. The number of aliphatic hydroxyl groups excluding tert-OH is 1. The Morgan fingerprint density at radius 2 is 1.86 bits per heavy atom. The third kappa shape index (κ3) is 3.52. The van der Waals surface area contributed by atoms with Crippen LogP contribution in [0.4, 0.5) is 0 Å². The second-order valence-corrected chi connectivity index (χ2v) is 7.51. The minimum absolute atomic E-state index is 0.0946. The monoisotopic (exact) mass is 406 g/mol. The van der Waals surface area contributed by atoms with Crippen molar-refractivity contribution in [3.8, 4) is 5.75 Å². The normalized spacial score (nSPS) is 18.2. The Hall–Kier alpha value is -3.45. The molecule has 146 valence electrons. The van der Waals surface area contributed by atoms with Gasteiger partial charge in [-0.05, 0) is 41.3 Å². The molecule has 1 saturated heterocycles. The molecule has 1 fully saturated rings. The average Bonchev–Trinajstić information content (AvgIpc) is 3.37. The van der Waals surface area contributed by atoms with E-state index in [9.17, 15) is 14.7 Å². The number of methoxy groups -OCH3 is 1. The van der Waals surface area contributed by atoms with E-state index in [1.807, 2.05) is 41.8 Å². The molecule has 0 radical (unpaired) electrons. The number of aromatic nitrogens is 1. The lowest BCUT2D eigenvalue weighted by Gasteiger charge is -2.24. The molecule has 4 rings (SSSR count). The molecular weight excluding hydrogens is 388 g/mol. The van der Waals surface area contributed by atoms with E-state index in [-0.39, 0.29) is 17.9 Å². The fraction of sp³-hybridized carbons (Fsp3) is 0.136. The van der Waals surface area contributed by atoms with E-state index >= 15 is 0 Å². The van der Waals surface area contributed by atoms with Crippen molar-refractivity contribution in [1.82, 2.24) is 9.88 Å². The fourth-order valence-electron chi connectivity index (χ4n) is 3.38. The van der Waals surface area contributed by atoms with Crippen molar-refractivity contribution in [2.75, 3.05) is 7.11 Å². The van der Waals surface area contributed by atoms with E-state index < -0.39 is 17.7 Å². The van der Waals surface area contributed by atoms with Gasteiger partial charge < -0.3 is 14.7 Å². The van der Waals surface area contributed by atoms with Crippen LogP contribution < -0.4 is 4.74 Å². The number of hydrogen-bond donors (Lipinski definition) is 1. The Kier molecular flexibility index (Phi) is 5.14. The lowest BCUT2D eigenvalue weighted by molar-refractivity contribution is -0.140. The first-order valence-corrected chi connectivity index (χ1v) is 9.83. The molecule has 0 spiro atoms. The molecule has 6 nitrogen and oxygen atoms in total. The number of nitrogens with zero attached hydrogens (tertiary/aromatic N) is 2. The van der Waals surface area contributed by atoms with Crippen LogP contribution >= 0.6 is 11.3 Å². The lowest BCUT2D eigenvalue weighted by Crippen LogP contribution is -2.28. The molecule has 1 aliphatic rings. The summed E-state index contributed by atoms with van der Waals surface area (Å²) in [5.74, 6) is -0.800. The Morgan fingerprint density at radius 3 is 2.48 bits per heavy atom. The van der Waals surface area contributed by atoms with Crippen LogP contribution in [-0.4, -0.2) is 33.8 Å². The highest BCUT2D eigenvalue weighted by molar-refractivity contribution is 7.10. The van der Waals surface area contributed by atoms with E-state index in [4.69, 9.17) is 4.74 Å². The summed E-state index contributed by atoms with van der Waals surface area (Å²) in [5, 5.41) is 12.8. The van der Waals surface area contributed by atoms with Crippen molar-refractivity contribution in [3.63, 3.8) is 0 Å². The molecule has 1 unspecified atom stereocenters. The van der Waals surface area contributed by atoms with Crippen LogP contribution in [0.5, 0.6) is 5.75 Å². The highest BCUT2D eigenvalue weighted by Gasteiger charge is 2.46. The van der Waals surface area contributed by atoms with E-state index in [1.165, 1.54) is 28.6 Å². The molecule has 1 aromatic carbocycles. The van der Waals surface area contributed by atoms with Gasteiger partial charge in [0.1, 0.15) is 11.5 Å². The zero-order chi connectivity index (χ0) is 20.4. The number of ketones is 1. The summed E-state index contributed by atoms with van der Waals surface area (Å²) in [4.78, 5) is 32.0. The van der Waals surface area contributed by atoms with Crippen LogP contribution in [0.1, 0.15) is 22.0 Å². The van der Waals surface area contributed by atoms with Gasteiger partial charge >= 0.3 is 0 Å². The number of likely N-dealkylation sites (tertiary alicyclic amines) is 1. The maximum absolute atomic E-state index is 12.9. The van der Waals surface area contributed by atoms with Crippen LogP contribution in [0.25, 0.3) is 5.76 Å². The number of amides is 1. The maximum atomic E-state index is 12.9. The number of carbonyl (C=O) groups is 2. The topological polar surface area (TPSA) is 79.7 Å². The SMILES string of the molecule is COc1ccc(CN2C(=O)C(=O)/C(=C(\O)c3ccncc3)C2c2cccs2)cc1. The van der Waals surface area contributed by atoms with Gasteiger partial charge in [0.25, 0.3) is 11.7 Å². The second kappa shape index (κ2) is 7.89. The molecule has 3 aromatic rings. The van der Waals surface area contributed by atoms with Crippen molar-refractivity contribution in [2.24, 2.45) is 0 Å². The number of Topliss-reactive ketones (excluding diaryl/α,β-unsaturated/α-hetero) is 1. The summed E-state index contributed by atoms with van der Waals surface area (Å²) in [5.41, 5.74) is 1.40. The molecule has 1 atom stereocenters. The van der Waals surface area contributed by atoms with Crippen LogP contribution in [0.2, 0.25) is 0 Å². The number of aliphatic hydroxyl groups is 1. The Bertz CT molecular complexity index is 1060. The third-order valence-corrected chi connectivity index (χ3v) is 5.74. The average molecular weight is 406 g/mol. The summed E-state index contributed by atoms with van der Waals surface area (Å²) >= 11 is 1.44. The van der Waals surface area contributed by atoms with Crippen LogP contribution in [-0.2, 0) is 16.1 Å². The Labute approximate surface area is 171 Å². The van der Waals surface area contributed by atoms with Gasteiger partial charge in [-0.3, -0.25) is 14.6 Å². The molecule has 7 heteroatoms. The molecule has 0 bridgehead atoms. The summed E-state index contributed by atoms with van der Waals surface area (Å²) in [6, 6.07) is 13.6. The molecule has 1 aliphatic heterocycles. The van der Waals surface area contributed by atoms with Crippen molar-refractivity contribution in [2.45, 2.75) is 12.6 Å². The smallest absolute Gasteiger partial charge is 0.295 e. The number of pyridine rings is 1. The highest BCUT2D eigenvalue weighted by atomic mass is 32.1. The van der Waals surface area contributed by atoms with E-state index in [1.54, 1.807) is 19.2 Å². The van der Waals surface area contributed by atoms with Crippen molar-refractivity contribution >= 4 is 28.8 Å². The first kappa shape index (κ1) is 18.9. The first-order chi connectivity index (χ1) is 14.1. The van der Waals surface area contributed by atoms with E-state index in [0.29, 0.717) is 11.3 Å². The first-order valence-electron chi connectivity index (χ1n) is 8.95. The van der Waals surface area contributed by atoms with Gasteiger partial charge in [-0.15, -0.1) is 11.3 Å². The van der Waals surface area contributed by atoms with Gasteiger partial charge in [0.2, 0.25) is 0 Å². The van der Waals surface area contributed by atoms with Crippen LogP contribution in [0, 0.1) is 0 Å². The van der Waals surface area contributed by atoms with Crippen molar-refractivity contribution in [1.29, 1.82) is 0 Å². The quantitative estimate of drug-likeness (QED) is 0.396. The maximum Gasteiger partial charge on any atom is 0.295 e. The van der Waals surface area contributed by atoms with Gasteiger partial charge in [-0.2, -0.15) is 0 Å². The zero-order valence-corrected chi connectivity index (χ0v) is 16.4. The Balaban J connectivity index is 1.78. The molecule has 0 saturated carbocycles. The van der Waals surface area contributed by atoms with Gasteiger partial charge in [-0.1, -0.05) is 18.2 Å². The molecular formula is C22H18N2O4S. The molecule has 0 aliphatic carbocycles. The standard InChI is InChI=1S/C22H18N2O4S/c1-28-16-6-4-14(5-7-16)13-24-19(17-3-2-12-29-17)18(21(26)22(24)27)20(25)15-8-10-23-11-9-15/h2-12,19,25H,13H2,1H3/b20-18-. The predicted octanol–water partition coefficient (Wildman–Crippen LogP) is 3.77. The van der Waals surface area contributed by atoms with Crippen molar-refractivity contribution < 1.29 is 19.4 Å². The minimum atomic E-state index is -0.689. The van der Waals surface area contributed by atoms with Gasteiger partial charge in [0.05, 0.1) is 18.7 Å². The minimum Gasteiger partial charge on any atom is -0.507 e. The van der Waals surface area contributed by atoms with Gasteiger partial charge in [-0.25, -0.2) is 0 Å². The fourth-order valence-corrected chi connectivity index (χ4v) is 4.22. The van der Waals surface area contributed by atoms with Crippen LogP contribution in [0.15, 0.2) is 71.9 Å². The summed E-state index contributed by atoms with van der Waals surface area (Å²) in [6.07, 6.45) is 3.06. The summed E-state index contributed by atoms with van der Waals surface area (Å²) in [7, 11) is 1.59. The molecule has 2 aromatic heterocycles. The zero-order valence-electron chi connectivity index (χ0n) is 15.6. The third-order valence-electron chi connectivity index (χ3n) is 4.82. The van der Waals surface area contributed by atoms with Gasteiger partial charge in [0, 0.05) is 29.4 Å².